The highest BCUT2D eigenvalue weighted by Crippen LogP contribution is 2.26. The first-order chi connectivity index (χ1) is 7.20. The van der Waals surface area contributed by atoms with E-state index in [9.17, 15) is 0 Å². The number of aryl methyl sites for hydroxylation is 1. The van der Waals surface area contributed by atoms with Gasteiger partial charge in [-0.25, -0.2) is 4.98 Å². The van der Waals surface area contributed by atoms with E-state index in [0.29, 0.717) is 6.54 Å². The minimum atomic E-state index is 0.600. The SMILES string of the molecule is C#CCN(CCC)c1nccc(C)c1Br. The molecule has 0 aliphatic rings. The van der Waals surface area contributed by atoms with Crippen molar-refractivity contribution in [1.29, 1.82) is 0 Å². The summed E-state index contributed by atoms with van der Waals surface area (Å²) in [7, 11) is 0. The predicted octanol–water partition coefficient (Wildman–Crippen LogP) is 3.00. The number of pyridine rings is 1. The molecule has 0 saturated heterocycles. The Bertz CT molecular complexity index is 368. The van der Waals surface area contributed by atoms with E-state index < -0.39 is 0 Å². The number of halogens is 1. The number of rotatable bonds is 4. The second-order valence-electron chi connectivity index (χ2n) is 3.39. The van der Waals surface area contributed by atoms with Crippen molar-refractivity contribution in [2.45, 2.75) is 20.3 Å². The van der Waals surface area contributed by atoms with E-state index in [2.05, 4.69) is 45.6 Å². The molecule has 0 aliphatic heterocycles. The first kappa shape index (κ1) is 12.1. The average molecular weight is 267 g/mol. The van der Waals surface area contributed by atoms with Crippen LogP contribution in [0.4, 0.5) is 5.82 Å². The monoisotopic (exact) mass is 266 g/mol. The highest BCUT2D eigenvalue weighted by atomic mass is 79.9. The summed E-state index contributed by atoms with van der Waals surface area (Å²) in [6.45, 7) is 5.71. The summed E-state index contributed by atoms with van der Waals surface area (Å²) in [5.41, 5.74) is 1.18. The lowest BCUT2D eigenvalue weighted by Gasteiger charge is -2.22. The Morgan fingerprint density at radius 2 is 2.33 bits per heavy atom. The fraction of sp³-hybridized carbons (Fsp3) is 0.417. The first-order valence-corrected chi connectivity index (χ1v) is 5.79. The Balaban J connectivity index is 3.00. The second-order valence-corrected chi connectivity index (χ2v) is 4.18. The number of hydrogen-bond acceptors (Lipinski definition) is 2. The van der Waals surface area contributed by atoms with Crippen molar-refractivity contribution in [2.75, 3.05) is 18.0 Å². The molecule has 0 saturated carbocycles. The number of nitrogens with zero attached hydrogens (tertiary/aromatic N) is 2. The summed E-state index contributed by atoms with van der Waals surface area (Å²) in [6.07, 6.45) is 8.22. The average Bonchev–Trinajstić information content (AvgIpc) is 2.22. The molecule has 2 nitrogen and oxygen atoms in total. The minimum Gasteiger partial charge on any atom is -0.345 e. The van der Waals surface area contributed by atoms with Crippen LogP contribution in [-0.4, -0.2) is 18.1 Å². The maximum absolute atomic E-state index is 5.35. The van der Waals surface area contributed by atoms with E-state index in [0.717, 1.165) is 23.3 Å². The maximum atomic E-state index is 5.35. The number of terminal acetylenes is 1. The summed E-state index contributed by atoms with van der Waals surface area (Å²) in [4.78, 5) is 6.47. The quantitative estimate of drug-likeness (QED) is 0.779. The molecule has 0 amide bonds. The van der Waals surface area contributed by atoms with Gasteiger partial charge in [-0.15, -0.1) is 6.42 Å². The van der Waals surface area contributed by atoms with Gasteiger partial charge < -0.3 is 4.90 Å². The van der Waals surface area contributed by atoms with Crippen molar-refractivity contribution < 1.29 is 0 Å². The number of hydrogen-bond donors (Lipinski definition) is 0. The van der Waals surface area contributed by atoms with E-state index in [1.165, 1.54) is 5.56 Å². The Morgan fingerprint density at radius 3 is 2.93 bits per heavy atom. The van der Waals surface area contributed by atoms with E-state index in [4.69, 9.17) is 6.42 Å². The molecule has 1 aromatic rings. The summed E-state index contributed by atoms with van der Waals surface area (Å²) < 4.78 is 1.04. The number of anilines is 1. The Hall–Kier alpha value is -1.01. The number of aromatic nitrogens is 1. The summed E-state index contributed by atoms with van der Waals surface area (Å²) >= 11 is 3.55. The molecule has 0 aliphatic carbocycles. The molecule has 0 fully saturated rings. The topological polar surface area (TPSA) is 16.1 Å². The molecule has 0 atom stereocenters. The van der Waals surface area contributed by atoms with Crippen molar-refractivity contribution in [3.05, 3.63) is 22.3 Å². The van der Waals surface area contributed by atoms with E-state index in [1.807, 2.05) is 12.3 Å². The Labute approximate surface area is 99.8 Å². The minimum absolute atomic E-state index is 0.600. The van der Waals surface area contributed by atoms with Gasteiger partial charge in [-0.1, -0.05) is 12.8 Å². The molecule has 0 spiro atoms. The third-order valence-corrected chi connectivity index (χ3v) is 3.12. The Morgan fingerprint density at radius 1 is 1.60 bits per heavy atom. The van der Waals surface area contributed by atoms with Crippen LogP contribution in [0, 0.1) is 19.3 Å². The lowest BCUT2D eigenvalue weighted by Crippen LogP contribution is -2.25. The van der Waals surface area contributed by atoms with Gasteiger partial charge in [0.2, 0.25) is 0 Å². The van der Waals surface area contributed by atoms with Crippen LogP contribution in [0.1, 0.15) is 18.9 Å². The normalized spacial score (nSPS) is 9.73. The van der Waals surface area contributed by atoms with Gasteiger partial charge in [0, 0.05) is 12.7 Å². The predicted molar refractivity (Wildman–Crippen MR) is 68.0 cm³/mol. The zero-order valence-electron chi connectivity index (χ0n) is 9.13. The second kappa shape index (κ2) is 5.77. The van der Waals surface area contributed by atoms with Crippen LogP contribution < -0.4 is 4.90 Å². The fourth-order valence-electron chi connectivity index (χ4n) is 1.39. The fourth-order valence-corrected chi connectivity index (χ4v) is 1.87. The molecule has 80 valence electrons. The van der Waals surface area contributed by atoms with Crippen molar-refractivity contribution in [3.63, 3.8) is 0 Å². The zero-order valence-corrected chi connectivity index (χ0v) is 10.7. The first-order valence-electron chi connectivity index (χ1n) is 5.00. The van der Waals surface area contributed by atoms with Crippen LogP contribution >= 0.6 is 15.9 Å². The molecule has 1 heterocycles. The zero-order chi connectivity index (χ0) is 11.3. The van der Waals surface area contributed by atoms with Gasteiger partial charge in [0.25, 0.3) is 0 Å². The smallest absolute Gasteiger partial charge is 0.143 e. The van der Waals surface area contributed by atoms with Gasteiger partial charge in [-0.3, -0.25) is 0 Å². The highest BCUT2D eigenvalue weighted by Gasteiger charge is 2.10. The lowest BCUT2D eigenvalue weighted by atomic mass is 10.3. The van der Waals surface area contributed by atoms with Gasteiger partial charge in [0.05, 0.1) is 11.0 Å². The molecular weight excluding hydrogens is 252 g/mol. The van der Waals surface area contributed by atoms with E-state index >= 15 is 0 Å². The van der Waals surface area contributed by atoms with Gasteiger partial charge in [-0.2, -0.15) is 0 Å². The summed E-state index contributed by atoms with van der Waals surface area (Å²) in [6, 6.07) is 1.98. The van der Waals surface area contributed by atoms with Crippen molar-refractivity contribution in [2.24, 2.45) is 0 Å². The van der Waals surface area contributed by atoms with Crippen molar-refractivity contribution in [3.8, 4) is 12.3 Å². The third kappa shape index (κ3) is 2.97. The summed E-state index contributed by atoms with van der Waals surface area (Å²) in [5.74, 6) is 3.60. The lowest BCUT2D eigenvalue weighted by molar-refractivity contribution is 0.806. The molecule has 0 radical (unpaired) electrons. The van der Waals surface area contributed by atoms with Gasteiger partial charge in [-0.05, 0) is 40.9 Å². The van der Waals surface area contributed by atoms with Crippen LogP contribution in [-0.2, 0) is 0 Å². The van der Waals surface area contributed by atoms with Gasteiger partial charge in [0.15, 0.2) is 0 Å². The largest absolute Gasteiger partial charge is 0.345 e. The van der Waals surface area contributed by atoms with E-state index in [-0.39, 0.29) is 0 Å². The van der Waals surface area contributed by atoms with Crippen LogP contribution in [0.5, 0.6) is 0 Å². The molecular formula is C12H15BrN2. The molecule has 0 N–H and O–H groups in total. The van der Waals surface area contributed by atoms with Crippen LogP contribution in [0.2, 0.25) is 0 Å². The van der Waals surface area contributed by atoms with Crippen LogP contribution in [0.25, 0.3) is 0 Å². The standard InChI is InChI=1S/C12H15BrN2/c1-4-8-15(9-5-2)12-11(13)10(3)6-7-14-12/h1,6-7H,5,8-9H2,2-3H3. The van der Waals surface area contributed by atoms with Crippen molar-refractivity contribution >= 4 is 21.7 Å². The summed E-state index contributed by atoms with van der Waals surface area (Å²) in [5, 5.41) is 0. The molecule has 0 bridgehead atoms. The molecule has 0 aromatic carbocycles. The molecule has 1 aromatic heterocycles. The molecule has 15 heavy (non-hydrogen) atoms. The molecule has 3 heteroatoms. The van der Waals surface area contributed by atoms with Crippen molar-refractivity contribution in [1.82, 2.24) is 4.98 Å². The Kier molecular flexibility index (Phi) is 4.64. The maximum Gasteiger partial charge on any atom is 0.143 e. The van der Waals surface area contributed by atoms with Crippen LogP contribution in [0.3, 0.4) is 0 Å². The highest BCUT2D eigenvalue weighted by molar-refractivity contribution is 9.10. The molecule has 0 unspecified atom stereocenters. The molecule has 1 rings (SSSR count). The van der Waals surface area contributed by atoms with E-state index in [1.54, 1.807) is 0 Å². The van der Waals surface area contributed by atoms with Crippen LogP contribution in [0.15, 0.2) is 16.7 Å². The van der Waals surface area contributed by atoms with Gasteiger partial charge >= 0.3 is 0 Å². The van der Waals surface area contributed by atoms with Gasteiger partial charge in [0.1, 0.15) is 5.82 Å². The third-order valence-electron chi connectivity index (χ3n) is 2.14.